The standard InChI is InChI=1S/C11H10BrNO4S/c1-6-3-8(12)4-7-5-9(17-10(6)7)11(14)13-18(2,15)16/h3-5H,1-2H3,(H,13,14). The number of halogens is 1. The molecule has 1 amide bonds. The monoisotopic (exact) mass is 331 g/mol. The van der Waals surface area contributed by atoms with Crippen molar-refractivity contribution in [3.8, 4) is 0 Å². The van der Waals surface area contributed by atoms with Gasteiger partial charge in [-0.25, -0.2) is 13.1 Å². The second kappa shape index (κ2) is 4.40. The third-order valence-corrected chi connectivity index (χ3v) is 3.28. The van der Waals surface area contributed by atoms with Crippen LogP contribution in [0.25, 0.3) is 11.0 Å². The van der Waals surface area contributed by atoms with E-state index in [-0.39, 0.29) is 5.76 Å². The summed E-state index contributed by atoms with van der Waals surface area (Å²) in [6, 6.07) is 5.15. The molecule has 0 saturated carbocycles. The van der Waals surface area contributed by atoms with Crippen LogP contribution in [-0.4, -0.2) is 20.6 Å². The van der Waals surface area contributed by atoms with Crippen molar-refractivity contribution in [2.75, 3.05) is 6.26 Å². The number of amides is 1. The van der Waals surface area contributed by atoms with Gasteiger partial charge in [-0.15, -0.1) is 0 Å². The number of rotatable bonds is 2. The fourth-order valence-electron chi connectivity index (χ4n) is 1.61. The van der Waals surface area contributed by atoms with E-state index < -0.39 is 15.9 Å². The van der Waals surface area contributed by atoms with Crippen molar-refractivity contribution in [1.29, 1.82) is 0 Å². The van der Waals surface area contributed by atoms with E-state index in [4.69, 9.17) is 4.42 Å². The maximum Gasteiger partial charge on any atom is 0.300 e. The number of benzene rings is 1. The molecule has 0 atom stereocenters. The molecule has 0 fully saturated rings. The minimum Gasteiger partial charge on any atom is -0.451 e. The summed E-state index contributed by atoms with van der Waals surface area (Å²) >= 11 is 3.34. The Morgan fingerprint density at radius 3 is 2.61 bits per heavy atom. The summed E-state index contributed by atoms with van der Waals surface area (Å²) in [6.07, 6.45) is 0.912. The predicted octanol–water partition coefficient (Wildman–Crippen LogP) is 2.19. The summed E-state index contributed by atoms with van der Waals surface area (Å²) in [4.78, 5) is 11.6. The Kier molecular flexibility index (Phi) is 3.20. The maximum absolute atomic E-state index is 11.6. The minimum absolute atomic E-state index is 0.0309. The van der Waals surface area contributed by atoms with Gasteiger partial charge in [-0.2, -0.15) is 0 Å². The van der Waals surface area contributed by atoms with E-state index in [2.05, 4.69) is 15.9 Å². The Hall–Kier alpha value is -1.34. The van der Waals surface area contributed by atoms with Crippen LogP contribution in [0.2, 0.25) is 0 Å². The van der Waals surface area contributed by atoms with Crippen molar-refractivity contribution in [2.45, 2.75) is 6.92 Å². The van der Waals surface area contributed by atoms with E-state index in [0.717, 1.165) is 21.7 Å². The Balaban J connectivity index is 2.48. The Morgan fingerprint density at radius 1 is 1.33 bits per heavy atom. The van der Waals surface area contributed by atoms with Crippen molar-refractivity contribution >= 4 is 42.8 Å². The molecule has 96 valence electrons. The van der Waals surface area contributed by atoms with E-state index in [1.54, 1.807) is 6.07 Å². The van der Waals surface area contributed by atoms with E-state index >= 15 is 0 Å². The van der Waals surface area contributed by atoms with Gasteiger partial charge in [0, 0.05) is 9.86 Å². The normalized spacial score (nSPS) is 11.7. The fraction of sp³-hybridized carbons (Fsp3) is 0.182. The van der Waals surface area contributed by atoms with Crippen molar-refractivity contribution in [3.63, 3.8) is 0 Å². The van der Waals surface area contributed by atoms with Crippen LogP contribution in [0.15, 0.2) is 27.1 Å². The highest BCUT2D eigenvalue weighted by atomic mass is 79.9. The molecule has 0 aliphatic rings. The highest BCUT2D eigenvalue weighted by Crippen LogP contribution is 2.26. The number of carbonyl (C=O) groups is 1. The van der Waals surface area contributed by atoms with E-state index in [0.29, 0.717) is 5.58 Å². The third kappa shape index (κ3) is 2.73. The van der Waals surface area contributed by atoms with Crippen molar-refractivity contribution in [1.82, 2.24) is 4.72 Å². The molecule has 5 nitrogen and oxygen atoms in total. The van der Waals surface area contributed by atoms with E-state index in [9.17, 15) is 13.2 Å². The van der Waals surface area contributed by atoms with Gasteiger partial charge >= 0.3 is 0 Å². The van der Waals surface area contributed by atoms with E-state index in [1.807, 2.05) is 17.7 Å². The third-order valence-electron chi connectivity index (χ3n) is 2.27. The zero-order chi connectivity index (χ0) is 13.5. The van der Waals surface area contributed by atoms with Gasteiger partial charge < -0.3 is 4.42 Å². The first-order valence-corrected chi connectivity index (χ1v) is 7.66. The van der Waals surface area contributed by atoms with Gasteiger partial charge in [-0.1, -0.05) is 15.9 Å². The van der Waals surface area contributed by atoms with Gasteiger partial charge in [-0.05, 0) is 30.7 Å². The minimum atomic E-state index is -3.60. The Morgan fingerprint density at radius 2 is 2.00 bits per heavy atom. The number of furan rings is 1. The maximum atomic E-state index is 11.6. The lowest BCUT2D eigenvalue weighted by atomic mass is 10.2. The number of hydrogen-bond donors (Lipinski definition) is 1. The molecule has 0 radical (unpaired) electrons. The molecule has 1 aromatic carbocycles. The van der Waals surface area contributed by atoms with Crippen LogP contribution in [-0.2, 0) is 10.0 Å². The first-order chi connectivity index (χ1) is 8.26. The number of fused-ring (bicyclic) bond motifs is 1. The van der Waals surface area contributed by atoms with Crippen LogP contribution in [0.5, 0.6) is 0 Å². The topological polar surface area (TPSA) is 76.4 Å². The molecule has 18 heavy (non-hydrogen) atoms. The number of hydrogen-bond acceptors (Lipinski definition) is 4. The summed E-state index contributed by atoms with van der Waals surface area (Å²) in [5, 5.41) is 0.737. The van der Waals surface area contributed by atoms with Crippen LogP contribution < -0.4 is 4.72 Å². The van der Waals surface area contributed by atoms with Crippen LogP contribution in [0.1, 0.15) is 16.1 Å². The molecule has 2 rings (SSSR count). The molecular weight excluding hydrogens is 322 g/mol. The lowest BCUT2D eigenvalue weighted by Crippen LogP contribution is -2.28. The summed E-state index contributed by atoms with van der Waals surface area (Å²) < 4.78 is 30.0. The van der Waals surface area contributed by atoms with E-state index in [1.165, 1.54) is 6.07 Å². The molecule has 0 spiro atoms. The number of carbonyl (C=O) groups excluding carboxylic acids is 1. The zero-order valence-electron chi connectivity index (χ0n) is 9.65. The molecule has 1 N–H and O–H groups in total. The van der Waals surface area contributed by atoms with Gasteiger partial charge in [0.1, 0.15) is 5.58 Å². The van der Waals surface area contributed by atoms with Gasteiger partial charge in [-0.3, -0.25) is 4.79 Å². The number of aryl methyl sites for hydroxylation is 1. The molecule has 0 bridgehead atoms. The van der Waals surface area contributed by atoms with Crippen LogP contribution in [0, 0.1) is 6.92 Å². The Bertz CT molecular complexity index is 733. The van der Waals surface area contributed by atoms with Crippen LogP contribution in [0.4, 0.5) is 0 Å². The smallest absolute Gasteiger partial charge is 0.300 e. The van der Waals surface area contributed by atoms with Crippen molar-refractivity contribution in [3.05, 3.63) is 34.0 Å². The summed E-state index contributed by atoms with van der Waals surface area (Å²) in [5.74, 6) is -0.805. The number of sulfonamides is 1. The highest BCUT2D eigenvalue weighted by Gasteiger charge is 2.17. The first-order valence-electron chi connectivity index (χ1n) is 4.98. The predicted molar refractivity (Wildman–Crippen MR) is 71.0 cm³/mol. The number of nitrogens with one attached hydrogen (secondary N) is 1. The molecule has 0 saturated heterocycles. The van der Waals surface area contributed by atoms with Crippen LogP contribution in [0.3, 0.4) is 0 Å². The van der Waals surface area contributed by atoms with Gasteiger partial charge in [0.15, 0.2) is 5.76 Å². The van der Waals surface area contributed by atoms with Gasteiger partial charge in [0.25, 0.3) is 5.91 Å². The quantitative estimate of drug-likeness (QED) is 0.915. The highest BCUT2D eigenvalue weighted by molar-refractivity contribution is 9.10. The lowest BCUT2D eigenvalue weighted by Gasteiger charge is -1.98. The second-order valence-corrected chi connectivity index (χ2v) is 6.62. The molecule has 7 heteroatoms. The largest absolute Gasteiger partial charge is 0.451 e. The Labute approximate surface area is 112 Å². The summed E-state index contributed by atoms with van der Waals surface area (Å²) in [7, 11) is -3.60. The summed E-state index contributed by atoms with van der Waals surface area (Å²) in [6.45, 7) is 1.84. The summed E-state index contributed by atoms with van der Waals surface area (Å²) in [5.41, 5.74) is 1.43. The molecule has 1 heterocycles. The average Bonchev–Trinajstić information content (AvgIpc) is 2.58. The molecule has 1 aromatic heterocycles. The molecule has 0 unspecified atom stereocenters. The molecule has 0 aliphatic heterocycles. The van der Waals surface area contributed by atoms with Crippen LogP contribution >= 0.6 is 15.9 Å². The zero-order valence-corrected chi connectivity index (χ0v) is 12.1. The molecular formula is C11H10BrNO4S. The lowest BCUT2D eigenvalue weighted by molar-refractivity contribution is 0.0957. The van der Waals surface area contributed by atoms with Gasteiger partial charge in [0.2, 0.25) is 10.0 Å². The SMILES string of the molecule is Cc1cc(Br)cc2cc(C(=O)NS(C)(=O)=O)oc12. The van der Waals surface area contributed by atoms with Crippen molar-refractivity contribution < 1.29 is 17.6 Å². The van der Waals surface area contributed by atoms with Gasteiger partial charge in [0.05, 0.1) is 6.26 Å². The fourth-order valence-corrected chi connectivity index (χ4v) is 2.64. The average molecular weight is 332 g/mol. The first kappa shape index (κ1) is 13.1. The van der Waals surface area contributed by atoms with Crippen molar-refractivity contribution in [2.24, 2.45) is 0 Å². The second-order valence-electron chi connectivity index (χ2n) is 3.96. The molecule has 0 aliphatic carbocycles. The molecule has 2 aromatic rings.